The molecule has 4 aromatic rings. The van der Waals surface area contributed by atoms with E-state index in [2.05, 4.69) is 68.1 Å². The molecule has 2 aromatic carbocycles. The lowest BCUT2D eigenvalue weighted by Gasteiger charge is -2.41. The SMILES string of the molecule is COC[C@@]12CC[C@@H](CN(c3nc(OC[C@@]45CCCN4C[C@H](F)C5)nc4c(F)c(-c5cc(O)cc6ccc(F)c(C#C[Si](C(C)C)(C(C)C)C(C)C)c56)ncc34)C1)N2. The second-order valence-corrected chi connectivity index (χ2v) is 23.6. The monoisotopic (exact) mass is 800 g/mol. The summed E-state index contributed by atoms with van der Waals surface area (Å²) in [7, 11) is -0.598. The fourth-order valence-corrected chi connectivity index (χ4v) is 16.3. The first-order valence-electron chi connectivity index (χ1n) is 20.6. The summed E-state index contributed by atoms with van der Waals surface area (Å²) in [5.74, 6) is 2.39. The van der Waals surface area contributed by atoms with Crippen LogP contribution < -0.4 is 15.0 Å². The number of alkyl halides is 1. The number of aromatic nitrogens is 3. The lowest BCUT2D eigenvalue weighted by atomic mass is 9.95. The molecule has 0 radical (unpaired) electrons. The molecule has 0 saturated carbocycles. The Kier molecular flexibility index (Phi) is 10.5. The standard InChI is InChI=1S/C44H55F3N6O3Si/c1-26(2)57(27(3)4,28(5)6)16-12-33-36(46)10-9-29-17-32(54)18-34(37(29)33)39-38(47)40-35(20-48-39)41(52-22-31-11-14-43(23-52,51-31)24-55-7)50-42(49-40)56-25-44-13-8-15-53(44)21-30(45)19-44/h9-10,17-18,20,26-28,30-31,51,54H,8,11,13-15,19,21-25H2,1-7H3/t30-,31+,43-,44+/m1/s1. The van der Waals surface area contributed by atoms with E-state index in [-0.39, 0.29) is 52.3 Å². The lowest BCUT2D eigenvalue weighted by molar-refractivity contribution is 0.107. The Bertz CT molecular complexity index is 2240. The molecule has 4 fully saturated rings. The first-order chi connectivity index (χ1) is 27.2. The number of piperazine rings is 1. The minimum absolute atomic E-state index is 0.000485. The van der Waals surface area contributed by atoms with Gasteiger partial charge in [-0.25, -0.2) is 13.2 Å². The van der Waals surface area contributed by atoms with Crippen molar-refractivity contribution in [3.63, 3.8) is 0 Å². The van der Waals surface area contributed by atoms with E-state index in [0.717, 1.165) is 32.2 Å². The van der Waals surface area contributed by atoms with E-state index in [9.17, 15) is 9.50 Å². The maximum atomic E-state index is 17.5. The molecule has 2 N–H and O–H groups in total. The molecule has 4 saturated heterocycles. The third-order valence-corrected chi connectivity index (χ3v) is 19.9. The molecule has 2 bridgehead atoms. The van der Waals surface area contributed by atoms with Crippen molar-refractivity contribution in [2.24, 2.45) is 0 Å². The Morgan fingerprint density at radius 3 is 2.54 bits per heavy atom. The van der Waals surface area contributed by atoms with Crippen LogP contribution in [-0.4, -0.2) is 103 Å². The summed E-state index contributed by atoms with van der Waals surface area (Å²) >= 11 is 0. The number of ether oxygens (including phenoxy) is 2. The Morgan fingerprint density at radius 1 is 1.04 bits per heavy atom. The van der Waals surface area contributed by atoms with E-state index in [4.69, 9.17) is 24.4 Å². The minimum Gasteiger partial charge on any atom is -0.508 e. The van der Waals surface area contributed by atoms with Gasteiger partial charge >= 0.3 is 6.01 Å². The summed E-state index contributed by atoms with van der Waals surface area (Å²) in [6.07, 6.45) is 4.65. The highest BCUT2D eigenvalue weighted by Gasteiger charge is 2.50. The third kappa shape index (κ3) is 6.84. The molecule has 0 aliphatic carbocycles. The van der Waals surface area contributed by atoms with E-state index < -0.39 is 31.4 Å². The van der Waals surface area contributed by atoms with Crippen molar-refractivity contribution >= 4 is 35.6 Å². The van der Waals surface area contributed by atoms with Crippen molar-refractivity contribution in [3.8, 4) is 34.5 Å². The highest BCUT2D eigenvalue weighted by atomic mass is 28.3. The summed E-state index contributed by atoms with van der Waals surface area (Å²) < 4.78 is 60.4. The zero-order chi connectivity index (χ0) is 40.4. The zero-order valence-electron chi connectivity index (χ0n) is 34.2. The molecule has 13 heteroatoms. The maximum Gasteiger partial charge on any atom is 0.319 e. The zero-order valence-corrected chi connectivity index (χ0v) is 35.2. The number of nitrogens with zero attached hydrogens (tertiary/aromatic N) is 5. The highest BCUT2D eigenvalue weighted by Crippen LogP contribution is 2.44. The summed E-state index contributed by atoms with van der Waals surface area (Å²) in [5.41, 5.74) is 4.08. The van der Waals surface area contributed by atoms with Crippen LogP contribution in [-0.2, 0) is 4.74 Å². The van der Waals surface area contributed by atoms with Crippen LogP contribution in [0, 0.1) is 23.1 Å². The van der Waals surface area contributed by atoms with Crippen LogP contribution in [0.5, 0.6) is 11.8 Å². The van der Waals surface area contributed by atoms with Gasteiger partial charge in [0, 0.05) is 56.4 Å². The van der Waals surface area contributed by atoms with Crippen LogP contribution in [0.15, 0.2) is 30.5 Å². The normalized spacial score (nSPS) is 25.0. The number of nitrogens with one attached hydrogen (secondary N) is 1. The molecule has 304 valence electrons. The second kappa shape index (κ2) is 15.0. The maximum absolute atomic E-state index is 17.5. The molecule has 4 aliphatic rings. The van der Waals surface area contributed by atoms with Gasteiger partial charge in [-0.15, -0.1) is 5.54 Å². The van der Waals surface area contributed by atoms with E-state index in [0.29, 0.717) is 71.3 Å². The van der Waals surface area contributed by atoms with Gasteiger partial charge < -0.3 is 24.8 Å². The van der Waals surface area contributed by atoms with E-state index in [1.807, 2.05) is 0 Å². The first-order valence-corrected chi connectivity index (χ1v) is 22.8. The van der Waals surface area contributed by atoms with Gasteiger partial charge in [0.25, 0.3) is 0 Å². The van der Waals surface area contributed by atoms with Crippen LogP contribution in [0.1, 0.15) is 79.2 Å². The van der Waals surface area contributed by atoms with Crippen LogP contribution in [0.4, 0.5) is 19.0 Å². The molecule has 6 heterocycles. The average Bonchev–Trinajstić information content (AvgIpc) is 3.79. The smallest absolute Gasteiger partial charge is 0.319 e. The fourth-order valence-electron chi connectivity index (χ4n) is 11.1. The van der Waals surface area contributed by atoms with Gasteiger partial charge in [0.1, 0.15) is 49.4 Å². The number of halogens is 3. The first kappa shape index (κ1) is 39.8. The van der Waals surface area contributed by atoms with Crippen LogP contribution in [0.3, 0.4) is 0 Å². The highest BCUT2D eigenvalue weighted by molar-refractivity contribution is 6.90. The predicted octanol–water partition coefficient (Wildman–Crippen LogP) is 8.31. The van der Waals surface area contributed by atoms with Crippen molar-refractivity contribution in [2.45, 2.75) is 114 Å². The van der Waals surface area contributed by atoms with Gasteiger partial charge in [-0.05, 0) is 72.4 Å². The Hall–Kier alpha value is -3.96. The average molecular weight is 801 g/mol. The summed E-state index contributed by atoms with van der Waals surface area (Å²) in [6.45, 7) is 16.3. The van der Waals surface area contributed by atoms with Gasteiger partial charge in [0.15, 0.2) is 5.82 Å². The number of pyridine rings is 1. The van der Waals surface area contributed by atoms with Crippen molar-refractivity contribution in [3.05, 3.63) is 47.7 Å². The summed E-state index contributed by atoms with van der Waals surface area (Å²) in [5, 5.41) is 16.0. The van der Waals surface area contributed by atoms with Gasteiger partial charge in [0.05, 0.1) is 28.6 Å². The molecule has 0 amide bonds. The molecule has 0 unspecified atom stereocenters. The molecule has 2 aromatic heterocycles. The molecule has 4 aliphatic heterocycles. The van der Waals surface area contributed by atoms with Crippen molar-refractivity contribution in [1.29, 1.82) is 0 Å². The van der Waals surface area contributed by atoms with Crippen molar-refractivity contribution < 1.29 is 27.8 Å². The van der Waals surface area contributed by atoms with E-state index in [1.54, 1.807) is 19.4 Å². The van der Waals surface area contributed by atoms with Crippen molar-refractivity contribution in [1.82, 2.24) is 25.2 Å². The number of rotatable bonds is 10. The van der Waals surface area contributed by atoms with Crippen LogP contribution >= 0.6 is 0 Å². The Labute approximate surface area is 334 Å². The van der Waals surface area contributed by atoms with Gasteiger partial charge in [0.2, 0.25) is 0 Å². The summed E-state index contributed by atoms with van der Waals surface area (Å²) in [4.78, 5) is 18.6. The number of aromatic hydroxyl groups is 1. The number of hydrogen-bond acceptors (Lipinski definition) is 9. The molecular weight excluding hydrogens is 746 g/mol. The minimum atomic E-state index is -2.29. The number of anilines is 1. The number of fused-ring (bicyclic) bond motifs is 5. The molecule has 0 spiro atoms. The molecule has 8 rings (SSSR count). The quantitative estimate of drug-likeness (QED) is 0.121. The number of phenols is 1. The van der Waals surface area contributed by atoms with Gasteiger partial charge in [-0.3, -0.25) is 9.88 Å². The topological polar surface area (TPSA) is 95.9 Å². The molecule has 4 atom stereocenters. The van der Waals surface area contributed by atoms with Gasteiger partial charge in [-0.1, -0.05) is 53.5 Å². The third-order valence-electron chi connectivity index (χ3n) is 13.6. The Balaban J connectivity index is 1.29. The number of benzene rings is 2. The van der Waals surface area contributed by atoms with Crippen molar-refractivity contribution in [2.75, 3.05) is 51.4 Å². The van der Waals surface area contributed by atoms with Crippen LogP contribution in [0.2, 0.25) is 16.6 Å². The molecule has 9 nitrogen and oxygen atoms in total. The van der Waals surface area contributed by atoms with Gasteiger partial charge in [-0.2, -0.15) is 9.97 Å². The predicted molar refractivity (Wildman–Crippen MR) is 221 cm³/mol. The van der Waals surface area contributed by atoms with E-state index >= 15 is 8.78 Å². The van der Waals surface area contributed by atoms with Crippen LogP contribution in [0.25, 0.3) is 32.9 Å². The molecular formula is C44H55F3N6O3Si. The molecule has 57 heavy (non-hydrogen) atoms. The fraction of sp³-hybridized carbons (Fsp3) is 0.568. The summed E-state index contributed by atoms with van der Waals surface area (Å²) in [6, 6.07) is 6.07. The second-order valence-electron chi connectivity index (χ2n) is 18.0. The number of methoxy groups -OCH3 is 1. The Morgan fingerprint density at radius 2 is 1.81 bits per heavy atom. The number of hydrogen-bond donors (Lipinski definition) is 2. The number of phenolic OH excluding ortho intramolecular Hbond substituents is 1. The largest absolute Gasteiger partial charge is 0.508 e. The lowest BCUT2D eigenvalue weighted by Crippen LogP contribution is -2.61. The van der Waals surface area contributed by atoms with E-state index in [1.165, 1.54) is 18.2 Å².